The molecule has 3 nitrogen and oxygen atoms in total. The van der Waals surface area contributed by atoms with Gasteiger partial charge < -0.3 is 0 Å². The molecule has 1 aromatic carbocycles. The van der Waals surface area contributed by atoms with Gasteiger partial charge in [0.15, 0.2) is 0 Å². The molecule has 4 heteroatoms. The second-order valence-corrected chi connectivity index (χ2v) is 5.81. The Balaban J connectivity index is 3.24. The van der Waals surface area contributed by atoms with Crippen LogP contribution in [0.5, 0.6) is 0 Å². The van der Waals surface area contributed by atoms with Crippen molar-refractivity contribution in [3.05, 3.63) is 29.3 Å². The SMILES string of the molecule is Cc1cccc(NS(C)(=O)=O)c1C(C)C. The van der Waals surface area contributed by atoms with E-state index in [1.54, 1.807) is 6.07 Å². The van der Waals surface area contributed by atoms with E-state index in [1.807, 2.05) is 19.1 Å². The predicted molar refractivity (Wildman–Crippen MR) is 63.7 cm³/mol. The van der Waals surface area contributed by atoms with Gasteiger partial charge in [0.2, 0.25) is 10.0 Å². The van der Waals surface area contributed by atoms with Crippen LogP contribution < -0.4 is 4.72 Å². The van der Waals surface area contributed by atoms with E-state index in [4.69, 9.17) is 0 Å². The summed E-state index contributed by atoms with van der Waals surface area (Å²) in [5.41, 5.74) is 2.86. The summed E-state index contributed by atoms with van der Waals surface area (Å²) in [4.78, 5) is 0. The predicted octanol–water partition coefficient (Wildman–Crippen LogP) is 2.49. The van der Waals surface area contributed by atoms with Crippen molar-refractivity contribution in [1.29, 1.82) is 0 Å². The molecule has 0 spiro atoms. The molecule has 0 fully saturated rings. The summed E-state index contributed by atoms with van der Waals surface area (Å²) >= 11 is 0. The van der Waals surface area contributed by atoms with Gasteiger partial charge in [0.1, 0.15) is 0 Å². The van der Waals surface area contributed by atoms with Crippen LogP contribution in [0.2, 0.25) is 0 Å². The van der Waals surface area contributed by atoms with Crippen molar-refractivity contribution in [3.63, 3.8) is 0 Å². The van der Waals surface area contributed by atoms with Crippen LogP contribution in [-0.4, -0.2) is 14.7 Å². The van der Waals surface area contributed by atoms with Gasteiger partial charge in [-0.05, 0) is 30.0 Å². The molecule has 0 aromatic heterocycles. The van der Waals surface area contributed by atoms with Crippen molar-refractivity contribution >= 4 is 15.7 Å². The molecule has 0 amide bonds. The first-order valence-electron chi connectivity index (χ1n) is 4.88. The first-order chi connectivity index (χ1) is 6.81. The van der Waals surface area contributed by atoms with Gasteiger partial charge >= 0.3 is 0 Å². The summed E-state index contributed by atoms with van der Waals surface area (Å²) in [6.07, 6.45) is 1.17. The van der Waals surface area contributed by atoms with Gasteiger partial charge in [-0.15, -0.1) is 0 Å². The number of nitrogens with one attached hydrogen (secondary N) is 1. The van der Waals surface area contributed by atoms with E-state index in [2.05, 4.69) is 18.6 Å². The first kappa shape index (κ1) is 12.0. The van der Waals surface area contributed by atoms with Gasteiger partial charge in [0, 0.05) is 0 Å². The number of hydrogen-bond donors (Lipinski definition) is 1. The van der Waals surface area contributed by atoms with Crippen LogP contribution in [0, 0.1) is 6.92 Å². The summed E-state index contributed by atoms with van der Waals surface area (Å²) in [5, 5.41) is 0. The molecule has 0 saturated carbocycles. The standard InChI is InChI=1S/C11H17NO2S/c1-8(2)11-9(3)6-5-7-10(11)12-15(4,13)14/h5-8,12H,1-4H3. The average molecular weight is 227 g/mol. The van der Waals surface area contributed by atoms with E-state index in [1.165, 1.54) is 6.26 Å². The molecule has 0 bridgehead atoms. The Morgan fingerprint density at radius 2 is 1.87 bits per heavy atom. The van der Waals surface area contributed by atoms with E-state index in [0.29, 0.717) is 11.6 Å². The van der Waals surface area contributed by atoms with Crippen molar-refractivity contribution in [2.24, 2.45) is 0 Å². The van der Waals surface area contributed by atoms with Gasteiger partial charge in [-0.3, -0.25) is 4.72 Å². The normalized spacial score (nSPS) is 11.8. The summed E-state index contributed by atoms with van der Waals surface area (Å²) in [6, 6.07) is 5.64. The third-order valence-corrected chi connectivity index (χ3v) is 2.79. The molecule has 0 unspecified atom stereocenters. The number of rotatable bonds is 3. The van der Waals surface area contributed by atoms with Crippen LogP contribution in [0.25, 0.3) is 0 Å². The fraction of sp³-hybridized carbons (Fsp3) is 0.455. The molecule has 1 N–H and O–H groups in total. The zero-order chi connectivity index (χ0) is 11.6. The number of hydrogen-bond acceptors (Lipinski definition) is 2. The topological polar surface area (TPSA) is 46.2 Å². The molecule has 1 rings (SSSR count). The summed E-state index contributed by atoms with van der Waals surface area (Å²) in [5.74, 6) is 0.301. The highest BCUT2D eigenvalue weighted by Crippen LogP contribution is 2.27. The van der Waals surface area contributed by atoms with Crippen molar-refractivity contribution in [2.45, 2.75) is 26.7 Å². The molecule has 84 valence electrons. The summed E-state index contributed by atoms with van der Waals surface area (Å²) < 4.78 is 24.9. The summed E-state index contributed by atoms with van der Waals surface area (Å²) in [6.45, 7) is 6.09. The molecule has 0 aliphatic rings. The Morgan fingerprint density at radius 3 is 2.33 bits per heavy atom. The molecular weight excluding hydrogens is 210 g/mol. The maximum atomic E-state index is 11.2. The van der Waals surface area contributed by atoms with Crippen LogP contribution in [-0.2, 0) is 10.0 Å². The quantitative estimate of drug-likeness (QED) is 0.862. The number of aryl methyl sites for hydroxylation is 1. The molecule has 0 atom stereocenters. The second-order valence-electron chi connectivity index (χ2n) is 4.07. The van der Waals surface area contributed by atoms with Crippen molar-refractivity contribution in [1.82, 2.24) is 0 Å². The highest BCUT2D eigenvalue weighted by molar-refractivity contribution is 7.92. The minimum absolute atomic E-state index is 0.301. The molecule has 1 aromatic rings. The number of sulfonamides is 1. The van der Waals surface area contributed by atoms with Gasteiger partial charge in [0.25, 0.3) is 0 Å². The lowest BCUT2D eigenvalue weighted by Gasteiger charge is -2.16. The van der Waals surface area contributed by atoms with E-state index in [-0.39, 0.29) is 0 Å². The average Bonchev–Trinajstić information content (AvgIpc) is 1.99. The van der Waals surface area contributed by atoms with Crippen LogP contribution in [0.4, 0.5) is 5.69 Å². The Hall–Kier alpha value is -1.03. The smallest absolute Gasteiger partial charge is 0.229 e. The van der Waals surface area contributed by atoms with E-state index in [0.717, 1.165) is 11.1 Å². The lowest BCUT2D eigenvalue weighted by atomic mass is 9.96. The third-order valence-electron chi connectivity index (χ3n) is 2.20. The zero-order valence-electron chi connectivity index (χ0n) is 9.53. The van der Waals surface area contributed by atoms with E-state index < -0.39 is 10.0 Å². The highest BCUT2D eigenvalue weighted by Gasteiger charge is 2.11. The van der Waals surface area contributed by atoms with Crippen LogP contribution in [0.1, 0.15) is 30.9 Å². The monoisotopic (exact) mass is 227 g/mol. The van der Waals surface area contributed by atoms with Crippen molar-refractivity contribution < 1.29 is 8.42 Å². The zero-order valence-corrected chi connectivity index (χ0v) is 10.4. The fourth-order valence-electron chi connectivity index (χ4n) is 1.74. The van der Waals surface area contributed by atoms with Crippen molar-refractivity contribution in [3.8, 4) is 0 Å². The maximum Gasteiger partial charge on any atom is 0.229 e. The largest absolute Gasteiger partial charge is 0.283 e. The Bertz CT molecular complexity index is 450. The first-order valence-corrected chi connectivity index (χ1v) is 6.77. The second kappa shape index (κ2) is 4.23. The minimum atomic E-state index is -3.20. The molecule has 15 heavy (non-hydrogen) atoms. The Labute approximate surface area is 91.6 Å². The van der Waals surface area contributed by atoms with E-state index >= 15 is 0 Å². The number of benzene rings is 1. The van der Waals surface area contributed by atoms with Gasteiger partial charge in [-0.1, -0.05) is 26.0 Å². The molecule has 0 aliphatic carbocycles. The van der Waals surface area contributed by atoms with Gasteiger partial charge in [0.05, 0.1) is 11.9 Å². The third kappa shape index (κ3) is 3.23. The van der Waals surface area contributed by atoms with Crippen LogP contribution in [0.3, 0.4) is 0 Å². The van der Waals surface area contributed by atoms with Gasteiger partial charge in [-0.2, -0.15) is 0 Å². The molecule has 0 saturated heterocycles. The maximum absolute atomic E-state index is 11.2. The Morgan fingerprint density at radius 1 is 1.27 bits per heavy atom. The van der Waals surface area contributed by atoms with Crippen LogP contribution >= 0.6 is 0 Å². The van der Waals surface area contributed by atoms with E-state index in [9.17, 15) is 8.42 Å². The van der Waals surface area contributed by atoms with Gasteiger partial charge in [-0.25, -0.2) is 8.42 Å². The summed E-state index contributed by atoms with van der Waals surface area (Å²) in [7, 11) is -3.20. The Kier molecular flexibility index (Phi) is 3.39. The molecule has 0 aliphatic heterocycles. The molecule has 0 radical (unpaired) electrons. The molecule has 0 heterocycles. The van der Waals surface area contributed by atoms with Crippen LogP contribution in [0.15, 0.2) is 18.2 Å². The number of anilines is 1. The highest BCUT2D eigenvalue weighted by atomic mass is 32.2. The van der Waals surface area contributed by atoms with Crippen molar-refractivity contribution in [2.75, 3.05) is 11.0 Å². The molecular formula is C11H17NO2S. The fourth-order valence-corrected chi connectivity index (χ4v) is 2.31. The minimum Gasteiger partial charge on any atom is -0.283 e. The lowest BCUT2D eigenvalue weighted by Crippen LogP contribution is -2.12. The lowest BCUT2D eigenvalue weighted by molar-refractivity contribution is 0.606.